The first-order valence-corrected chi connectivity index (χ1v) is 46.5. The van der Waals surface area contributed by atoms with Crippen LogP contribution in [-0.2, 0) is 63.6 Å². The van der Waals surface area contributed by atoms with Crippen LogP contribution in [0.5, 0.6) is 17.2 Å². The van der Waals surface area contributed by atoms with E-state index in [2.05, 4.69) is 35.9 Å². The molecule has 4 amide bonds. The van der Waals surface area contributed by atoms with Crippen molar-refractivity contribution in [1.29, 1.82) is 0 Å². The molecule has 0 aliphatic carbocycles. The van der Waals surface area contributed by atoms with Crippen LogP contribution in [0, 0.1) is 34.9 Å². The van der Waals surface area contributed by atoms with E-state index in [1.54, 1.807) is 36.8 Å². The number of ether oxygens (including phenoxy) is 7. The molecule has 1 spiro atoms. The van der Waals surface area contributed by atoms with Crippen molar-refractivity contribution in [2.24, 2.45) is 5.73 Å². The Labute approximate surface area is 797 Å². The normalized spacial score (nSPS) is 14.9. The number of pyridine rings is 1. The molecule has 0 unspecified atom stereocenters. The smallest absolute Gasteiger partial charge is 0.408 e. The molecule has 3 saturated heterocycles. The first-order chi connectivity index (χ1) is 64.6. The van der Waals surface area contributed by atoms with E-state index in [0.29, 0.717) is 105 Å². The number of carbonyl (C=O) groups excluding carboxylic acids is 4. The number of nitrogens with two attached hydrogens (primary N) is 1. The van der Waals surface area contributed by atoms with Gasteiger partial charge in [0.2, 0.25) is 39.3 Å². The fraction of sp³-hybridized carbons (Fsp3) is 0.378. The molecule has 10 heterocycles. The second kappa shape index (κ2) is 44.6. The highest BCUT2D eigenvalue weighted by Crippen LogP contribution is 2.42. The van der Waals surface area contributed by atoms with Crippen molar-refractivity contribution in [2.75, 3.05) is 59.3 Å². The van der Waals surface area contributed by atoms with Gasteiger partial charge in [0, 0.05) is 127 Å². The van der Waals surface area contributed by atoms with Gasteiger partial charge in [0.15, 0.2) is 26.5 Å². The van der Waals surface area contributed by atoms with Crippen molar-refractivity contribution in [3.8, 4) is 49.0 Å². The monoisotopic (exact) mass is 1950 g/mol. The van der Waals surface area contributed by atoms with Gasteiger partial charge in [-0.3, -0.25) is 28.8 Å². The van der Waals surface area contributed by atoms with E-state index < -0.39 is 91.3 Å². The highest BCUT2D eigenvalue weighted by atomic mass is 35.5. The highest BCUT2D eigenvalue weighted by Gasteiger charge is 2.48. The summed E-state index contributed by atoms with van der Waals surface area (Å²) in [7, 11) is 0. The first kappa shape index (κ1) is 101. The Hall–Kier alpha value is -12.4. The molecule has 12 aromatic rings. The predicted molar refractivity (Wildman–Crippen MR) is 500 cm³/mol. The Bertz CT molecular complexity index is 6400. The van der Waals surface area contributed by atoms with Crippen LogP contribution in [0.15, 0.2) is 188 Å². The van der Waals surface area contributed by atoms with Gasteiger partial charge in [-0.05, 0) is 152 Å². The molecule has 6 aromatic heterocycles. The largest absolute Gasteiger partial charge is 0.483 e. The van der Waals surface area contributed by atoms with Crippen LogP contribution < -0.4 is 41.5 Å². The highest BCUT2D eigenvalue weighted by molar-refractivity contribution is 7.15. The average Bonchev–Trinajstić information content (AvgIpc) is 0.835. The molecule has 0 atom stereocenters. The number of hydrogen-bond donors (Lipinski definition) is 2. The summed E-state index contributed by atoms with van der Waals surface area (Å²) in [6, 6.07) is 37.0. The summed E-state index contributed by atoms with van der Waals surface area (Å²) in [6.07, 6.45) is 6.89. The van der Waals surface area contributed by atoms with Crippen LogP contribution >= 0.6 is 46.4 Å². The number of halogens is 7. The van der Waals surface area contributed by atoms with Gasteiger partial charge in [-0.25, -0.2) is 31.1 Å². The van der Waals surface area contributed by atoms with Gasteiger partial charge in [0.25, 0.3) is 17.7 Å². The molecule has 0 bridgehead atoms. The third-order valence-corrected chi connectivity index (χ3v) is 26.1. The number of amides is 4. The number of aromatic nitrogens is 7. The first-order valence-electron chi connectivity index (χ1n) is 44.0. The van der Waals surface area contributed by atoms with E-state index in [-0.39, 0.29) is 166 Å². The van der Waals surface area contributed by atoms with Crippen LogP contribution in [0.1, 0.15) is 181 Å². The Balaban J connectivity index is 0.000000173. The van der Waals surface area contributed by atoms with Crippen LogP contribution in [0.3, 0.4) is 0 Å². The Morgan fingerprint density at radius 1 is 0.493 bits per heavy atom. The molecule has 0 saturated carbocycles. The van der Waals surface area contributed by atoms with Crippen molar-refractivity contribution in [3.63, 3.8) is 0 Å². The molecule has 718 valence electrons. The molecule has 0 radical (unpaired) electrons. The second-order valence-electron chi connectivity index (χ2n) is 35.2. The van der Waals surface area contributed by atoms with Gasteiger partial charge in [0.05, 0.1) is 27.8 Å². The lowest BCUT2D eigenvalue weighted by molar-refractivity contribution is -0.0131. The van der Waals surface area contributed by atoms with Crippen molar-refractivity contribution < 1.29 is 87.5 Å². The minimum Gasteiger partial charge on any atom is -0.483 e. The van der Waals surface area contributed by atoms with E-state index in [0.717, 1.165) is 87.3 Å². The SMILES string of the molecule is CC(C)N(CC1(N)CCOCC1)C(=O)c1occ(-c2nnc(Cc3ccc(F)cc3F)s2)c(=O)c1OCc1ccccc1.CC(C)N(CC1(NC(=O)OC(C)(C)C)CCOCC1)C(=O)c1occ(-c2nnc(Cc3ccc(F)cc3F)s2)c(=O)c1OCc1ccccc1.CC(C)N1CC2(CCOCC2)n2cc(-c3nnc(Cc4ccc(F)cc4F)s3)c(=O)c(OCc3ccccc3)c2C1=O.Cl. The van der Waals surface area contributed by atoms with E-state index >= 15 is 0 Å². The lowest BCUT2D eigenvalue weighted by Crippen LogP contribution is -2.60. The van der Waals surface area contributed by atoms with Gasteiger partial charge in [-0.15, -0.1) is 43.0 Å². The number of alkyl carbamates (subject to hydrolysis) is 1. The fourth-order valence-corrected chi connectivity index (χ4v) is 18.4. The number of fused-ring (bicyclic) bond motifs is 2. The maximum absolute atomic E-state index is 14.4. The topological polar surface area (TPSA) is 340 Å². The molecule has 16 rings (SSSR count). The molecule has 4 aliphatic heterocycles. The average molecular weight is 1950 g/mol. The van der Waals surface area contributed by atoms with Gasteiger partial charge in [0.1, 0.15) is 87.9 Å². The molecule has 6 aromatic carbocycles. The fourth-order valence-electron chi connectivity index (χ4n) is 15.8. The van der Waals surface area contributed by atoms with Crippen LogP contribution in [-0.4, -0.2) is 168 Å². The van der Waals surface area contributed by atoms with E-state index in [9.17, 15) is 59.9 Å². The van der Waals surface area contributed by atoms with Gasteiger partial charge >= 0.3 is 6.09 Å². The summed E-state index contributed by atoms with van der Waals surface area (Å²) in [6.45, 7) is 20.3. The van der Waals surface area contributed by atoms with Gasteiger partial charge < -0.3 is 72.3 Å². The lowest BCUT2D eigenvalue weighted by atomic mass is 9.85. The quantitative estimate of drug-likeness (QED) is 0.0430. The Morgan fingerprint density at radius 3 is 1.24 bits per heavy atom. The summed E-state index contributed by atoms with van der Waals surface area (Å²) in [4.78, 5) is 102. The second-order valence-corrected chi connectivity index (χ2v) is 38.4. The third kappa shape index (κ3) is 24.7. The van der Waals surface area contributed by atoms with Gasteiger partial charge in [-0.1, -0.05) is 143 Å². The van der Waals surface area contributed by atoms with Crippen molar-refractivity contribution in [3.05, 3.63) is 296 Å². The minimum atomic E-state index is -0.876. The molecule has 3 N–H and O–H groups in total. The summed E-state index contributed by atoms with van der Waals surface area (Å²) in [5.41, 5.74) is 5.80. The molecular weight excluding hydrogens is 1850 g/mol. The number of benzene rings is 6. The molecule has 136 heavy (non-hydrogen) atoms. The van der Waals surface area contributed by atoms with Crippen LogP contribution in [0.4, 0.5) is 31.1 Å². The van der Waals surface area contributed by atoms with Crippen molar-refractivity contribution >= 4 is 70.2 Å². The van der Waals surface area contributed by atoms with E-state index in [1.807, 2.05) is 137 Å². The summed E-state index contributed by atoms with van der Waals surface area (Å²) in [5.74, 6) is -6.70. The van der Waals surface area contributed by atoms with Gasteiger partial charge in [-0.2, -0.15) is 0 Å². The summed E-state index contributed by atoms with van der Waals surface area (Å²) < 4.78 is 137. The number of rotatable bonds is 28. The Morgan fingerprint density at radius 2 is 0.860 bits per heavy atom. The number of hydrogen-bond acceptors (Lipinski definition) is 26. The zero-order chi connectivity index (χ0) is 96.0. The van der Waals surface area contributed by atoms with Crippen molar-refractivity contribution in [1.82, 2.24) is 55.2 Å². The summed E-state index contributed by atoms with van der Waals surface area (Å²) >= 11 is 3.24. The lowest BCUT2D eigenvalue weighted by Gasteiger charge is -2.49. The van der Waals surface area contributed by atoms with Crippen LogP contribution in [0.25, 0.3) is 31.7 Å². The van der Waals surface area contributed by atoms with Crippen LogP contribution in [0.2, 0.25) is 0 Å². The van der Waals surface area contributed by atoms with E-state index in [1.165, 1.54) is 35.4 Å². The molecule has 38 heteroatoms. The molecular formula is C98H103ClF6N12O16S3. The Kier molecular flexibility index (Phi) is 33.2. The third-order valence-electron chi connectivity index (χ3n) is 23.2. The standard InChI is InChI=1S/C36H40F2N4O7S.C31H32F2N4O5S.C31H30F2N4O4S.ClH/c1-22(2)42(21-36(13-15-46-16-14-36)39-34(45)49-35(3,4)5)33(44)31-30(47-19-23-9-7-6-8-10-23)29(43)26(20-48-31)32-41-40-28(50-32)17-24-11-12-25(37)18-27(24)38;1-19(2)37(18-31(34)10-12-40-13-11-31)30(39)28-27(41-16-20-6-4-3-5-7-20)26(38)23(17-42-28)29-36-35-25(43-29)14-21-8-9-22(32)15-24(21)33;1-19(2)36-18-31(10-12-40-13-11-31)37-16-23(29-35-34-25(42-29)14-21-8-9-22(32)15-24(21)33)27(38)28(26(37)30(36)39)41-17-20-6-4-3-5-7-20;/h6-12,18,20,22H,13-17,19,21H2,1-5H3,(H,39,45);3-9,15,17,19H,10-14,16,18,34H2,1-2H3;3-9,15-16,19H,10-14,17-18H2,1-2H3;1H. The van der Waals surface area contributed by atoms with Crippen molar-refractivity contribution in [2.45, 2.75) is 180 Å². The molecule has 28 nitrogen and oxygen atoms in total. The van der Waals surface area contributed by atoms with E-state index in [4.69, 9.17) is 47.7 Å². The number of carbonyl (C=O) groups is 4. The number of nitrogens with zero attached hydrogens (tertiary/aromatic N) is 10. The number of nitrogens with one attached hydrogen (secondary N) is 1. The summed E-state index contributed by atoms with van der Waals surface area (Å²) in [5, 5.41) is 29.9. The maximum atomic E-state index is 14.4. The minimum absolute atomic E-state index is 0. The maximum Gasteiger partial charge on any atom is 0.408 e. The molecule has 4 aliphatic rings. The predicted octanol–water partition coefficient (Wildman–Crippen LogP) is 17.1. The zero-order valence-corrected chi connectivity index (χ0v) is 79.4. The molecule has 3 fully saturated rings. The zero-order valence-electron chi connectivity index (χ0n) is 76.2.